The lowest BCUT2D eigenvalue weighted by atomic mass is 10.1. The van der Waals surface area contributed by atoms with Gasteiger partial charge in [-0.05, 0) is 30.2 Å². The highest BCUT2D eigenvalue weighted by Crippen LogP contribution is 2.44. The van der Waals surface area contributed by atoms with Gasteiger partial charge in [0.2, 0.25) is 0 Å². The molecule has 2 aromatic carbocycles. The van der Waals surface area contributed by atoms with E-state index in [0.717, 1.165) is 17.7 Å². The smallest absolute Gasteiger partial charge is 0.255 e. The van der Waals surface area contributed by atoms with Crippen LogP contribution in [0.1, 0.15) is 28.3 Å². The lowest BCUT2D eigenvalue weighted by Gasteiger charge is -2.12. The van der Waals surface area contributed by atoms with Crippen molar-refractivity contribution in [1.82, 2.24) is 5.32 Å². The number of hydrogen-bond acceptors (Lipinski definition) is 4. The van der Waals surface area contributed by atoms with Gasteiger partial charge >= 0.3 is 0 Å². The highest BCUT2D eigenvalue weighted by atomic mass is 16.5. The Hall–Kier alpha value is -2.53. The molecule has 0 spiro atoms. The van der Waals surface area contributed by atoms with Gasteiger partial charge in [-0.3, -0.25) is 4.79 Å². The number of benzene rings is 2. The molecule has 1 fully saturated rings. The molecule has 0 heterocycles. The lowest BCUT2D eigenvalue weighted by molar-refractivity contribution is 0.0942. The Morgan fingerprint density at radius 3 is 2.52 bits per heavy atom. The highest BCUT2D eigenvalue weighted by Gasteiger charge is 2.41. The van der Waals surface area contributed by atoms with Gasteiger partial charge in [0.1, 0.15) is 18.1 Å². The molecule has 2 atom stereocenters. The van der Waals surface area contributed by atoms with E-state index in [0.29, 0.717) is 30.4 Å². The van der Waals surface area contributed by atoms with Crippen molar-refractivity contribution < 1.29 is 19.0 Å². The molecule has 1 N–H and O–H groups in total. The van der Waals surface area contributed by atoms with Crippen LogP contribution in [0.25, 0.3) is 0 Å². The number of amides is 1. The second-order valence-electron chi connectivity index (χ2n) is 6.00. The van der Waals surface area contributed by atoms with Gasteiger partial charge in [0.05, 0.1) is 19.3 Å². The Kier molecular flexibility index (Phi) is 5.56. The van der Waals surface area contributed by atoms with Crippen molar-refractivity contribution in [3.63, 3.8) is 0 Å². The molecule has 0 radical (unpaired) electrons. The summed E-state index contributed by atoms with van der Waals surface area (Å²) in [5.74, 6) is 1.62. The van der Waals surface area contributed by atoms with Gasteiger partial charge in [0.15, 0.2) is 0 Å². The molecule has 5 heteroatoms. The van der Waals surface area contributed by atoms with E-state index in [9.17, 15) is 4.79 Å². The maximum absolute atomic E-state index is 12.6. The lowest BCUT2D eigenvalue weighted by Crippen LogP contribution is -2.27. The highest BCUT2D eigenvalue weighted by molar-refractivity contribution is 5.97. The molecular formula is C20H23NO4. The maximum atomic E-state index is 12.6. The molecule has 0 saturated heterocycles. The molecule has 0 aliphatic heterocycles. The summed E-state index contributed by atoms with van der Waals surface area (Å²) in [7, 11) is 3.29. The average Bonchev–Trinajstić information content (AvgIpc) is 3.41. The normalized spacial score (nSPS) is 18.5. The van der Waals surface area contributed by atoms with Gasteiger partial charge < -0.3 is 19.5 Å². The minimum atomic E-state index is -0.115. The number of methoxy groups -OCH3 is 2. The second-order valence-corrected chi connectivity index (χ2v) is 6.00. The van der Waals surface area contributed by atoms with Crippen molar-refractivity contribution in [2.24, 2.45) is 0 Å². The summed E-state index contributed by atoms with van der Waals surface area (Å²) in [4.78, 5) is 12.6. The van der Waals surface area contributed by atoms with Crippen LogP contribution in [-0.4, -0.2) is 39.4 Å². The third-order valence-electron chi connectivity index (χ3n) is 4.32. The van der Waals surface area contributed by atoms with Crippen molar-refractivity contribution in [2.75, 3.05) is 27.4 Å². The van der Waals surface area contributed by atoms with Crippen molar-refractivity contribution in [3.05, 3.63) is 59.7 Å². The van der Waals surface area contributed by atoms with E-state index in [1.54, 1.807) is 26.4 Å². The van der Waals surface area contributed by atoms with Crippen LogP contribution >= 0.6 is 0 Å². The Bertz CT molecular complexity index is 731. The molecule has 25 heavy (non-hydrogen) atoms. The molecule has 132 valence electrons. The Morgan fingerprint density at radius 2 is 1.76 bits per heavy atom. The molecule has 0 bridgehead atoms. The minimum absolute atomic E-state index is 0.115. The summed E-state index contributed by atoms with van der Waals surface area (Å²) >= 11 is 0. The van der Waals surface area contributed by atoms with Crippen molar-refractivity contribution >= 4 is 5.91 Å². The molecule has 0 aromatic heterocycles. The zero-order valence-corrected chi connectivity index (χ0v) is 14.5. The van der Waals surface area contributed by atoms with Crippen molar-refractivity contribution in [2.45, 2.75) is 18.4 Å². The topological polar surface area (TPSA) is 56.8 Å². The average molecular weight is 341 g/mol. The monoisotopic (exact) mass is 341 g/mol. The molecule has 0 unspecified atom stereocenters. The molecule has 1 aliphatic carbocycles. The van der Waals surface area contributed by atoms with Gasteiger partial charge in [-0.15, -0.1) is 0 Å². The summed E-state index contributed by atoms with van der Waals surface area (Å²) < 4.78 is 16.0. The van der Waals surface area contributed by atoms with E-state index >= 15 is 0 Å². The van der Waals surface area contributed by atoms with Crippen LogP contribution in [0.5, 0.6) is 11.5 Å². The van der Waals surface area contributed by atoms with Gasteiger partial charge in [-0.1, -0.05) is 30.3 Å². The fourth-order valence-electron chi connectivity index (χ4n) is 2.93. The third-order valence-corrected chi connectivity index (χ3v) is 4.32. The number of rotatable bonds is 8. The Morgan fingerprint density at radius 1 is 1.04 bits per heavy atom. The van der Waals surface area contributed by atoms with Crippen LogP contribution < -0.4 is 14.8 Å². The fourth-order valence-corrected chi connectivity index (χ4v) is 2.93. The van der Waals surface area contributed by atoms with Crippen LogP contribution in [0.15, 0.2) is 48.5 Å². The van der Waals surface area contributed by atoms with E-state index in [2.05, 4.69) is 11.4 Å². The van der Waals surface area contributed by atoms with E-state index in [4.69, 9.17) is 14.2 Å². The zero-order valence-electron chi connectivity index (χ0n) is 14.5. The zero-order chi connectivity index (χ0) is 17.6. The molecule has 2 aromatic rings. The third kappa shape index (κ3) is 4.12. The number of nitrogens with one attached hydrogen (secondary N) is 1. The summed E-state index contributed by atoms with van der Waals surface area (Å²) in [6, 6.07) is 15.3. The van der Waals surface area contributed by atoms with Crippen LogP contribution in [0.2, 0.25) is 0 Å². The van der Waals surface area contributed by atoms with E-state index in [1.165, 1.54) is 0 Å². The van der Waals surface area contributed by atoms with Crippen LogP contribution in [0.4, 0.5) is 0 Å². The second kappa shape index (κ2) is 8.03. The van der Waals surface area contributed by atoms with E-state index in [1.807, 2.05) is 30.3 Å². The molecule has 1 amide bonds. The molecule has 1 aliphatic rings. The fraction of sp³-hybridized carbons (Fsp3) is 0.350. The molecule has 1 saturated carbocycles. The van der Waals surface area contributed by atoms with Gasteiger partial charge in [-0.25, -0.2) is 0 Å². The minimum Gasteiger partial charge on any atom is -0.496 e. The van der Waals surface area contributed by atoms with E-state index < -0.39 is 0 Å². The first-order chi connectivity index (χ1) is 12.2. The molecule has 5 nitrogen and oxygen atoms in total. The standard InChI is InChI=1S/C20H23NO4/c1-23-11-12-25-19-10-6-4-8-15(19)20(22)21-17-13-16(17)14-7-3-5-9-18(14)24-2/h3-10,16-17H,11-13H2,1-2H3,(H,21,22)/t16-,17+/m1/s1. The Balaban J connectivity index is 1.64. The first kappa shape index (κ1) is 17.3. The number of carbonyl (C=O) groups is 1. The van der Waals surface area contributed by atoms with Crippen molar-refractivity contribution in [1.29, 1.82) is 0 Å². The molecule has 3 rings (SSSR count). The first-order valence-corrected chi connectivity index (χ1v) is 8.39. The summed E-state index contributed by atoms with van der Waals surface area (Å²) in [5.41, 5.74) is 1.68. The summed E-state index contributed by atoms with van der Waals surface area (Å²) in [5, 5.41) is 3.10. The van der Waals surface area contributed by atoms with Crippen LogP contribution in [-0.2, 0) is 4.74 Å². The number of hydrogen-bond donors (Lipinski definition) is 1. The van der Waals surface area contributed by atoms with Crippen LogP contribution in [0.3, 0.4) is 0 Å². The predicted octanol–water partition coefficient (Wildman–Crippen LogP) is 3.01. The van der Waals surface area contributed by atoms with Crippen molar-refractivity contribution in [3.8, 4) is 11.5 Å². The SMILES string of the molecule is COCCOc1ccccc1C(=O)N[C@H]1C[C@@H]1c1ccccc1OC. The van der Waals surface area contributed by atoms with Gasteiger partial charge in [-0.2, -0.15) is 0 Å². The van der Waals surface area contributed by atoms with Crippen LogP contribution in [0, 0.1) is 0 Å². The van der Waals surface area contributed by atoms with E-state index in [-0.39, 0.29) is 11.9 Å². The number of para-hydroxylation sites is 2. The molecular weight excluding hydrogens is 318 g/mol. The largest absolute Gasteiger partial charge is 0.496 e. The summed E-state index contributed by atoms with van der Waals surface area (Å²) in [6.07, 6.45) is 0.915. The maximum Gasteiger partial charge on any atom is 0.255 e. The Labute approximate surface area is 147 Å². The number of ether oxygens (including phenoxy) is 3. The van der Waals surface area contributed by atoms with Gasteiger partial charge in [0, 0.05) is 19.1 Å². The summed E-state index contributed by atoms with van der Waals surface area (Å²) in [6.45, 7) is 0.891. The predicted molar refractivity (Wildman–Crippen MR) is 95.4 cm³/mol. The number of carbonyl (C=O) groups excluding carboxylic acids is 1. The van der Waals surface area contributed by atoms with Gasteiger partial charge in [0.25, 0.3) is 5.91 Å². The quantitative estimate of drug-likeness (QED) is 0.750. The first-order valence-electron chi connectivity index (χ1n) is 8.39.